The first-order valence-electron chi connectivity index (χ1n) is 13.9. The predicted octanol–water partition coefficient (Wildman–Crippen LogP) is 5.96. The number of fused-ring (bicyclic) bond motifs is 2. The summed E-state index contributed by atoms with van der Waals surface area (Å²) in [5, 5.41) is 10.5. The van der Waals surface area contributed by atoms with E-state index in [2.05, 4.69) is 16.5 Å². The lowest BCUT2D eigenvalue weighted by atomic mass is 9.99. The third-order valence-corrected chi connectivity index (χ3v) is 9.65. The highest BCUT2D eigenvalue weighted by atomic mass is 35.5. The standard InChI is InChI=1S/C31H27ClF3N5O3S/c1-5-19(42)38-10-11-39-16(12-38)13-44-29-22-28(23(32)21(25(29)35)20-18(41)7-6-17(33)24(20)34)40(31(43)37-30(22)39)27-15(4)8-9-36-26(27)14(2)3/h5-9,14,16,41H,1,10-13H2,2-4H3. The number of carbonyl (C=O) groups is 1. The van der Waals surface area contributed by atoms with Crippen LogP contribution in [0.25, 0.3) is 27.7 Å². The molecule has 2 aromatic carbocycles. The van der Waals surface area contributed by atoms with Gasteiger partial charge in [-0.3, -0.25) is 14.3 Å². The summed E-state index contributed by atoms with van der Waals surface area (Å²) in [6.45, 7) is 10.0. The van der Waals surface area contributed by atoms with Crippen LogP contribution in [0.1, 0.15) is 31.0 Å². The molecule has 1 unspecified atom stereocenters. The topological polar surface area (TPSA) is 91.6 Å². The van der Waals surface area contributed by atoms with Gasteiger partial charge in [0.15, 0.2) is 11.6 Å². The van der Waals surface area contributed by atoms with E-state index >= 15 is 8.78 Å². The van der Waals surface area contributed by atoms with E-state index in [1.807, 2.05) is 18.7 Å². The van der Waals surface area contributed by atoms with Gasteiger partial charge in [-0.2, -0.15) is 4.98 Å². The van der Waals surface area contributed by atoms with Gasteiger partial charge in [-0.1, -0.05) is 32.0 Å². The minimum atomic E-state index is -1.49. The van der Waals surface area contributed by atoms with Crippen molar-refractivity contribution in [1.82, 2.24) is 19.4 Å². The molecule has 1 saturated heterocycles. The van der Waals surface area contributed by atoms with Gasteiger partial charge in [0.2, 0.25) is 5.91 Å². The summed E-state index contributed by atoms with van der Waals surface area (Å²) in [7, 11) is 0. The van der Waals surface area contributed by atoms with E-state index < -0.39 is 45.0 Å². The van der Waals surface area contributed by atoms with E-state index in [1.54, 1.807) is 24.1 Å². The predicted molar refractivity (Wildman–Crippen MR) is 165 cm³/mol. The van der Waals surface area contributed by atoms with Crippen LogP contribution in [0.3, 0.4) is 0 Å². The van der Waals surface area contributed by atoms with Crippen molar-refractivity contribution in [3.05, 3.63) is 81.3 Å². The molecule has 0 bridgehead atoms. The molecule has 1 fully saturated rings. The first kappa shape index (κ1) is 30.0. The maximum atomic E-state index is 16.8. The van der Waals surface area contributed by atoms with Gasteiger partial charge >= 0.3 is 5.69 Å². The second-order valence-electron chi connectivity index (χ2n) is 11.0. The number of aromatic hydroxyl groups is 1. The second kappa shape index (κ2) is 11.2. The third-order valence-electron chi connectivity index (χ3n) is 8.06. The Bertz CT molecular complexity index is 1950. The number of rotatable bonds is 4. The molecule has 44 heavy (non-hydrogen) atoms. The summed E-state index contributed by atoms with van der Waals surface area (Å²) in [5.74, 6) is -4.50. The number of pyridine rings is 1. The van der Waals surface area contributed by atoms with Crippen molar-refractivity contribution in [3.8, 4) is 22.6 Å². The highest BCUT2D eigenvalue weighted by Crippen LogP contribution is 2.50. The van der Waals surface area contributed by atoms with E-state index in [9.17, 15) is 19.1 Å². The Morgan fingerprint density at radius 3 is 2.64 bits per heavy atom. The Balaban J connectivity index is 1.77. The summed E-state index contributed by atoms with van der Waals surface area (Å²) < 4.78 is 47.9. The number of nitrogens with zero attached hydrogens (tertiary/aromatic N) is 5. The van der Waals surface area contributed by atoms with Gasteiger partial charge in [0.05, 0.1) is 43.8 Å². The number of piperazine rings is 1. The van der Waals surface area contributed by atoms with Gasteiger partial charge in [0.1, 0.15) is 17.4 Å². The van der Waals surface area contributed by atoms with E-state index in [-0.39, 0.29) is 51.8 Å². The van der Waals surface area contributed by atoms with Gasteiger partial charge in [0.25, 0.3) is 0 Å². The maximum Gasteiger partial charge on any atom is 0.354 e. The van der Waals surface area contributed by atoms with Crippen molar-refractivity contribution in [3.63, 3.8) is 0 Å². The van der Waals surface area contributed by atoms with Gasteiger partial charge in [-0.05, 0) is 42.7 Å². The SMILES string of the molecule is C=CC(=O)N1CCN2c3nc(=O)n(-c4c(C)ccnc4C(C)C)c4c(Cl)c(-c5c(O)ccc(F)c5F)c(F)c(c34)SCC2C1. The molecule has 228 valence electrons. The number of aryl methyl sites for hydroxylation is 1. The van der Waals surface area contributed by atoms with Crippen LogP contribution >= 0.6 is 23.4 Å². The summed E-state index contributed by atoms with van der Waals surface area (Å²) in [6, 6.07) is 2.98. The van der Waals surface area contributed by atoms with Crippen LogP contribution in [-0.4, -0.2) is 61.9 Å². The zero-order chi connectivity index (χ0) is 31.6. The molecule has 1 N–H and O–H groups in total. The summed E-state index contributed by atoms with van der Waals surface area (Å²) in [6.07, 6.45) is 2.83. The molecule has 2 aliphatic rings. The maximum absolute atomic E-state index is 16.8. The lowest BCUT2D eigenvalue weighted by Crippen LogP contribution is -2.56. The molecule has 8 nitrogen and oxygen atoms in total. The van der Waals surface area contributed by atoms with Gasteiger partial charge in [-0.15, -0.1) is 11.8 Å². The highest BCUT2D eigenvalue weighted by Gasteiger charge is 2.38. The monoisotopic (exact) mass is 641 g/mol. The third kappa shape index (κ3) is 4.54. The molecule has 1 atom stereocenters. The number of amides is 1. The molecule has 4 heterocycles. The summed E-state index contributed by atoms with van der Waals surface area (Å²) in [5.41, 5.74) is -0.488. The van der Waals surface area contributed by atoms with E-state index in [0.29, 0.717) is 30.0 Å². The smallest absolute Gasteiger partial charge is 0.354 e. The van der Waals surface area contributed by atoms with Crippen molar-refractivity contribution >= 4 is 46.0 Å². The number of aromatic nitrogens is 3. The number of benzene rings is 2. The van der Waals surface area contributed by atoms with Crippen LogP contribution < -0.4 is 10.6 Å². The Morgan fingerprint density at radius 2 is 1.93 bits per heavy atom. The average Bonchev–Trinajstić information content (AvgIpc) is 3.15. The molecule has 0 spiro atoms. The van der Waals surface area contributed by atoms with Gasteiger partial charge in [0, 0.05) is 37.1 Å². The Labute approximate surface area is 259 Å². The van der Waals surface area contributed by atoms with E-state index in [1.165, 1.54) is 10.6 Å². The fraction of sp³-hybridized carbons (Fsp3) is 0.290. The van der Waals surface area contributed by atoms with Crippen LogP contribution in [0.2, 0.25) is 5.02 Å². The molecule has 6 rings (SSSR count). The lowest BCUT2D eigenvalue weighted by molar-refractivity contribution is -0.126. The molecule has 0 saturated carbocycles. The van der Waals surface area contributed by atoms with E-state index in [0.717, 1.165) is 23.9 Å². The number of phenolic OH excluding ortho intramolecular Hbond substituents is 1. The van der Waals surface area contributed by atoms with Crippen LogP contribution in [0.4, 0.5) is 19.0 Å². The molecule has 0 radical (unpaired) electrons. The van der Waals surface area contributed by atoms with Crippen LogP contribution in [-0.2, 0) is 4.79 Å². The van der Waals surface area contributed by atoms with Crippen LogP contribution in [0.5, 0.6) is 5.75 Å². The zero-order valence-electron chi connectivity index (χ0n) is 24.0. The lowest BCUT2D eigenvalue weighted by Gasteiger charge is -2.41. The zero-order valence-corrected chi connectivity index (χ0v) is 25.6. The number of anilines is 1. The molecule has 2 aromatic heterocycles. The Morgan fingerprint density at radius 1 is 1.18 bits per heavy atom. The van der Waals surface area contributed by atoms with Gasteiger partial charge in [-0.25, -0.2) is 18.0 Å². The fourth-order valence-electron chi connectivity index (χ4n) is 5.98. The minimum Gasteiger partial charge on any atom is -0.507 e. The van der Waals surface area contributed by atoms with Crippen molar-refractivity contribution in [2.75, 3.05) is 30.3 Å². The molecular weight excluding hydrogens is 615 g/mol. The second-order valence-corrected chi connectivity index (χ2v) is 12.4. The number of hydrogen-bond acceptors (Lipinski definition) is 7. The van der Waals surface area contributed by atoms with Crippen molar-refractivity contribution < 1.29 is 23.1 Å². The number of hydrogen-bond donors (Lipinski definition) is 1. The normalized spacial score (nSPS) is 16.3. The molecule has 0 aliphatic carbocycles. The first-order chi connectivity index (χ1) is 21.0. The number of halogens is 4. The summed E-state index contributed by atoms with van der Waals surface area (Å²) in [4.78, 5) is 39.0. The largest absolute Gasteiger partial charge is 0.507 e. The highest BCUT2D eigenvalue weighted by molar-refractivity contribution is 7.99. The van der Waals surface area contributed by atoms with Crippen molar-refractivity contribution in [1.29, 1.82) is 0 Å². The number of phenols is 1. The Hall–Kier alpha value is -4.03. The number of carbonyl (C=O) groups excluding carboxylic acids is 1. The average molecular weight is 642 g/mol. The molecule has 13 heteroatoms. The van der Waals surface area contributed by atoms with E-state index in [4.69, 9.17) is 11.6 Å². The molecule has 4 aromatic rings. The van der Waals surface area contributed by atoms with Crippen LogP contribution in [0, 0.1) is 24.4 Å². The van der Waals surface area contributed by atoms with Crippen molar-refractivity contribution in [2.24, 2.45) is 0 Å². The first-order valence-corrected chi connectivity index (χ1v) is 15.2. The fourth-order valence-corrected chi connectivity index (χ4v) is 7.55. The molecule has 1 amide bonds. The Kier molecular flexibility index (Phi) is 7.61. The molecule has 2 aliphatic heterocycles. The minimum absolute atomic E-state index is 0.00217. The van der Waals surface area contributed by atoms with Crippen molar-refractivity contribution in [2.45, 2.75) is 37.6 Å². The quantitative estimate of drug-likeness (QED) is 0.275. The number of thioether (sulfide) groups is 1. The summed E-state index contributed by atoms with van der Waals surface area (Å²) >= 11 is 8.07. The molecular formula is C31H27ClF3N5O3S. The van der Waals surface area contributed by atoms with Crippen LogP contribution in [0.15, 0.2) is 46.7 Å². The van der Waals surface area contributed by atoms with Gasteiger partial charge < -0.3 is 14.9 Å².